The highest BCUT2D eigenvalue weighted by atomic mass is 35.5. The van der Waals surface area contributed by atoms with Gasteiger partial charge in [-0.05, 0) is 48.5 Å². The van der Waals surface area contributed by atoms with Crippen molar-refractivity contribution in [3.63, 3.8) is 0 Å². The Hall–Kier alpha value is -3.12. The molecule has 2 aromatic carbocycles. The van der Waals surface area contributed by atoms with Crippen LogP contribution in [0.2, 0.25) is 5.15 Å². The average Bonchev–Trinajstić information content (AvgIpc) is 2.64. The lowest BCUT2D eigenvalue weighted by Crippen LogP contribution is -2.11. The van der Waals surface area contributed by atoms with Gasteiger partial charge in [0.05, 0.1) is 7.11 Å². The molecule has 1 heterocycles. The normalized spacial score (nSPS) is 10.2. The monoisotopic (exact) mass is 354 g/mol. The minimum Gasteiger partial charge on any atom is -0.497 e. The number of halogens is 1. The van der Waals surface area contributed by atoms with Crippen LogP contribution in [0.25, 0.3) is 0 Å². The standard InChI is InChI=1S/C18H15ClN4O2/c1-25-15-4-2-3-14(11-15)21-18(24)12-5-7-13(8-6-12)20-17-10-9-16(19)22-23-17/h2-11H,1H3,(H,20,23)(H,21,24). The van der Waals surface area contributed by atoms with Gasteiger partial charge in [0.1, 0.15) is 5.75 Å². The fraction of sp³-hybridized carbons (Fsp3) is 0.0556. The molecule has 0 spiro atoms. The number of amides is 1. The van der Waals surface area contributed by atoms with Gasteiger partial charge in [0.2, 0.25) is 0 Å². The number of aromatic nitrogens is 2. The van der Waals surface area contributed by atoms with Crippen molar-refractivity contribution in [2.24, 2.45) is 0 Å². The summed E-state index contributed by atoms with van der Waals surface area (Å²) in [4.78, 5) is 12.3. The Labute approximate surface area is 149 Å². The second kappa shape index (κ2) is 7.63. The molecule has 7 heteroatoms. The zero-order chi connectivity index (χ0) is 17.6. The molecule has 0 aliphatic heterocycles. The second-order valence-corrected chi connectivity index (χ2v) is 5.52. The number of rotatable bonds is 5. The summed E-state index contributed by atoms with van der Waals surface area (Å²) >= 11 is 5.70. The molecule has 0 aliphatic carbocycles. The molecule has 3 aromatic rings. The summed E-state index contributed by atoms with van der Waals surface area (Å²) in [7, 11) is 1.58. The van der Waals surface area contributed by atoms with Gasteiger partial charge >= 0.3 is 0 Å². The lowest BCUT2D eigenvalue weighted by molar-refractivity contribution is 0.102. The van der Waals surface area contributed by atoms with E-state index in [-0.39, 0.29) is 5.91 Å². The van der Waals surface area contributed by atoms with Gasteiger partial charge < -0.3 is 15.4 Å². The molecular weight excluding hydrogens is 340 g/mol. The number of nitrogens with one attached hydrogen (secondary N) is 2. The van der Waals surface area contributed by atoms with Crippen molar-refractivity contribution in [2.75, 3.05) is 17.7 Å². The van der Waals surface area contributed by atoms with Crippen LogP contribution in [0.1, 0.15) is 10.4 Å². The van der Waals surface area contributed by atoms with Gasteiger partial charge in [0.15, 0.2) is 11.0 Å². The number of benzene rings is 2. The SMILES string of the molecule is COc1cccc(NC(=O)c2ccc(Nc3ccc(Cl)nn3)cc2)c1. The van der Waals surface area contributed by atoms with Gasteiger partial charge in [0.25, 0.3) is 5.91 Å². The third-order valence-corrected chi connectivity index (χ3v) is 3.58. The maximum Gasteiger partial charge on any atom is 0.255 e. The highest BCUT2D eigenvalue weighted by Crippen LogP contribution is 2.19. The summed E-state index contributed by atoms with van der Waals surface area (Å²) in [5.41, 5.74) is 1.99. The quantitative estimate of drug-likeness (QED) is 0.720. The van der Waals surface area contributed by atoms with Crippen LogP contribution in [0, 0.1) is 0 Å². The molecule has 0 saturated carbocycles. The maximum atomic E-state index is 12.3. The Morgan fingerprint density at radius 1 is 1.00 bits per heavy atom. The van der Waals surface area contributed by atoms with Crippen molar-refractivity contribution in [3.8, 4) is 5.75 Å². The van der Waals surface area contributed by atoms with Crippen LogP contribution in [0.3, 0.4) is 0 Å². The van der Waals surface area contributed by atoms with E-state index in [2.05, 4.69) is 20.8 Å². The van der Waals surface area contributed by atoms with Crippen LogP contribution in [0.5, 0.6) is 5.75 Å². The summed E-state index contributed by atoms with van der Waals surface area (Å²) in [6.45, 7) is 0. The summed E-state index contributed by atoms with van der Waals surface area (Å²) in [6, 6.07) is 17.6. The van der Waals surface area contributed by atoms with E-state index in [9.17, 15) is 4.79 Å². The van der Waals surface area contributed by atoms with Crippen molar-refractivity contribution < 1.29 is 9.53 Å². The molecule has 126 valence electrons. The summed E-state index contributed by atoms with van der Waals surface area (Å²) in [6.07, 6.45) is 0. The number of nitrogens with zero attached hydrogens (tertiary/aromatic N) is 2. The first-order chi connectivity index (χ1) is 12.1. The van der Waals surface area contributed by atoms with Gasteiger partial charge in [-0.1, -0.05) is 17.7 Å². The topological polar surface area (TPSA) is 76.1 Å². The Morgan fingerprint density at radius 2 is 1.80 bits per heavy atom. The number of ether oxygens (including phenoxy) is 1. The molecule has 0 unspecified atom stereocenters. The van der Waals surface area contributed by atoms with Gasteiger partial charge in [-0.15, -0.1) is 10.2 Å². The predicted octanol–water partition coefficient (Wildman–Crippen LogP) is 4.13. The lowest BCUT2D eigenvalue weighted by atomic mass is 10.2. The van der Waals surface area contributed by atoms with E-state index in [4.69, 9.17) is 16.3 Å². The number of anilines is 3. The molecule has 0 saturated heterocycles. The van der Waals surface area contributed by atoms with Crippen LogP contribution in [-0.4, -0.2) is 23.2 Å². The first-order valence-electron chi connectivity index (χ1n) is 7.46. The molecule has 6 nitrogen and oxygen atoms in total. The fourth-order valence-corrected chi connectivity index (χ4v) is 2.24. The van der Waals surface area contributed by atoms with E-state index in [1.807, 2.05) is 12.1 Å². The minimum atomic E-state index is -0.203. The zero-order valence-electron chi connectivity index (χ0n) is 13.4. The number of methoxy groups -OCH3 is 1. The van der Waals surface area contributed by atoms with Crippen LogP contribution < -0.4 is 15.4 Å². The van der Waals surface area contributed by atoms with E-state index in [0.29, 0.717) is 28.0 Å². The molecule has 1 amide bonds. The van der Waals surface area contributed by atoms with Crippen LogP contribution in [0.4, 0.5) is 17.2 Å². The van der Waals surface area contributed by atoms with Crippen LogP contribution in [-0.2, 0) is 0 Å². The Balaban J connectivity index is 1.66. The largest absolute Gasteiger partial charge is 0.497 e. The zero-order valence-corrected chi connectivity index (χ0v) is 14.1. The molecule has 0 atom stereocenters. The van der Waals surface area contributed by atoms with Gasteiger partial charge in [-0.3, -0.25) is 4.79 Å². The third kappa shape index (κ3) is 4.45. The van der Waals surface area contributed by atoms with E-state index in [1.165, 1.54) is 0 Å². The molecular formula is C18H15ClN4O2. The van der Waals surface area contributed by atoms with Gasteiger partial charge in [-0.25, -0.2) is 0 Å². The highest BCUT2D eigenvalue weighted by Gasteiger charge is 2.07. The maximum absolute atomic E-state index is 12.3. The highest BCUT2D eigenvalue weighted by molar-refractivity contribution is 6.29. The lowest BCUT2D eigenvalue weighted by Gasteiger charge is -2.08. The fourth-order valence-electron chi connectivity index (χ4n) is 2.14. The van der Waals surface area contributed by atoms with Crippen LogP contribution >= 0.6 is 11.6 Å². The Bertz CT molecular complexity index is 867. The molecule has 25 heavy (non-hydrogen) atoms. The Morgan fingerprint density at radius 3 is 2.48 bits per heavy atom. The second-order valence-electron chi connectivity index (χ2n) is 5.13. The molecule has 0 radical (unpaired) electrons. The third-order valence-electron chi connectivity index (χ3n) is 3.38. The van der Waals surface area contributed by atoms with Crippen molar-refractivity contribution in [3.05, 3.63) is 71.4 Å². The molecule has 0 bridgehead atoms. The predicted molar refractivity (Wildman–Crippen MR) is 97.7 cm³/mol. The van der Waals surface area contributed by atoms with E-state index >= 15 is 0 Å². The number of carbonyl (C=O) groups excluding carboxylic acids is 1. The van der Waals surface area contributed by atoms with Crippen LogP contribution in [0.15, 0.2) is 60.7 Å². The first-order valence-corrected chi connectivity index (χ1v) is 7.83. The molecule has 0 aliphatic rings. The average molecular weight is 355 g/mol. The van der Waals surface area contributed by atoms with E-state index < -0.39 is 0 Å². The molecule has 2 N–H and O–H groups in total. The van der Waals surface area contributed by atoms with Crippen molar-refractivity contribution in [1.29, 1.82) is 0 Å². The summed E-state index contributed by atoms with van der Waals surface area (Å²) in [5.74, 6) is 1.05. The van der Waals surface area contributed by atoms with E-state index in [0.717, 1.165) is 5.69 Å². The summed E-state index contributed by atoms with van der Waals surface area (Å²) < 4.78 is 5.14. The van der Waals surface area contributed by atoms with Crippen molar-refractivity contribution in [2.45, 2.75) is 0 Å². The van der Waals surface area contributed by atoms with Crippen molar-refractivity contribution in [1.82, 2.24) is 10.2 Å². The number of hydrogen-bond donors (Lipinski definition) is 2. The van der Waals surface area contributed by atoms with Gasteiger partial charge in [-0.2, -0.15) is 0 Å². The number of carbonyl (C=O) groups is 1. The Kier molecular flexibility index (Phi) is 5.11. The summed E-state index contributed by atoms with van der Waals surface area (Å²) in [5, 5.41) is 13.9. The molecule has 3 rings (SSSR count). The first kappa shape index (κ1) is 16.7. The number of hydrogen-bond acceptors (Lipinski definition) is 5. The smallest absolute Gasteiger partial charge is 0.255 e. The van der Waals surface area contributed by atoms with E-state index in [1.54, 1.807) is 55.6 Å². The van der Waals surface area contributed by atoms with Gasteiger partial charge in [0, 0.05) is 23.0 Å². The minimum absolute atomic E-state index is 0.203. The molecule has 1 aromatic heterocycles. The molecule has 0 fully saturated rings. The van der Waals surface area contributed by atoms with Crippen molar-refractivity contribution >= 4 is 34.7 Å².